The Morgan fingerprint density at radius 2 is 2.05 bits per heavy atom. The van der Waals surface area contributed by atoms with Gasteiger partial charge in [-0.3, -0.25) is 0 Å². The van der Waals surface area contributed by atoms with Crippen LogP contribution in [0.1, 0.15) is 17.9 Å². The van der Waals surface area contributed by atoms with Gasteiger partial charge in [0, 0.05) is 46.6 Å². The third-order valence-corrected chi connectivity index (χ3v) is 4.70. The Balaban J connectivity index is 2.22. The van der Waals surface area contributed by atoms with Crippen LogP contribution in [0.15, 0.2) is 40.2 Å². The molecule has 0 aliphatic carbocycles. The number of hydrogen-bond donors (Lipinski definition) is 1. The van der Waals surface area contributed by atoms with Crippen molar-refractivity contribution in [3.8, 4) is 5.75 Å². The molecule has 2 N–H and O–H groups in total. The lowest BCUT2D eigenvalue weighted by Gasteiger charge is -2.22. The predicted molar refractivity (Wildman–Crippen MR) is 89.8 cm³/mol. The Kier molecular flexibility index (Phi) is 5.07. The lowest BCUT2D eigenvalue weighted by Crippen LogP contribution is -2.28. The Hall–Kier alpha value is -1.04. The SMILES string of the molecule is CC(N)C(Oc1cccc(N(C)C)c1)c1cc(Br)cs1. The maximum Gasteiger partial charge on any atom is 0.148 e. The summed E-state index contributed by atoms with van der Waals surface area (Å²) in [6.07, 6.45) is -0.135. The monoisotopic (exact) mass is 354 g/mol. The Morgan fingerprint density at radius 1 is 1.30 bits per heavy atom. The van der Waals surface area contributed by atoms with E-state index in [9.17, 15) is 0 Å². The van der Waals surface area contributed by atoms with Gasteiger partial charge in [0.25, 0.3) is 0 Å². The van der Waals surface area contributed by atoms with Crippen molar-refractivity contribution in [3.63, 3.8) is 0 Å². The first kappa shape index (κ1) is 15.4. The molecular formula is C15H19BrN2OS. The summed E-state index contributed by atoms with van der Waals surface area (Å²) in [5, 5.41) is 2.05. The van der Waals surface area contributed by atoms with E-state index >= 15 is 0 Å². The van der Waals surface area contributed by atoms with Crippen LogP contribution in [0.2, 0.25) is 0 Å². The Bertz CT molecular complexity index is 569. The first-order chi connectivity index (χ1) is 9.47. The molecule has 1 aromatic carbocycles. The second-order valence-electron chi connectivity index (χ2n) is 4.96. The summed E-state index contributed by atoms with van der Waals surface area (Å²) in [5.74, 6) is 0.836. The highest BCUT2D eigenvalue weighted by Crippen LogP contribution is 2.32. The maximum atomic E-state index is 6.10. The molecule has 2 atom stereocenters. The highest BCUT2D eigenvalue weighted by atomic mass is 79.9. The molecular weight excluding hydrogens is 336 g/mol. The van der Waals surface area contributed by atoms with Crippen molar-refractivity contribution in [2.24, 2.45) is 5.73 Å². The molecule has 5 heteroatoms. The zero-order chi connectivity index (χ0) is 14.7. The largest absolute Gasteiger partial charge is 0.483 e. The van der Waals surface area contributed by atoms with Gasteiger partial charge in [-0.25, -0.2) is 0 Å². The van der Waals surface area contributed by atoms with E-state index in [-0.39, 0.29) is 12.1 Å². The molecule has 2 rings (SSSR count). The molecule has 0 saturated heterocycles. The number of halogens is 1. The van der Waals surface area contributed by atoms with Crippen molar-refractivity contribution in [3.05, 3.63) is 45.1 Å². The van der Waals surface area contributed by atoms with Crippen molar-refractivity contribution in [2.45, 2.75) is 19.1 Å². The predicted octanol–water partition coefficient (Wildman–Crippen LogP) is 4.04. The van der Waals surface area contributed by atoms with Gasteiger partial charge in [-0.05, 0) is 41.1 Å². The van der Waals surface area contributed by atoms with Gasteiger partial charge in [-0.1, -0.05) is 6.07 Å². The van der Waals surface area contributed by atoms with Crippen LogP contribution in [0.5, 0.6) is 5.75 Å². The van der Waals surface area contributed by atoms with Crippen molar-refractivity contribution in [2.75, 3.05) is 19.0 Å². The van der Waals surface area contributed by atoms with E-state index in [0.29, 0.717) is 0 Å². The summed E-state index contributed by atoms with van der Waals surface area (Å²) in [6, 6.07) is 10.0. The number of benzene rings is 1. The summed E-state index contributed by atoms with van der Waals surface area (Å²) in [5.41, 5.74) is 7.19. The Labute approximate surface area is 132 Å². The standard InChI is InChI=1S/C15H19BrN2OS/c1-10(17)15(14-7-11(16)9-20-14)19-13-6-4-5-12(8-13)18(2)3/h4-10,15H,17H2,1-3H3. The van der Waals surface area contributed by atoms with E-state index in [0.717, 1.165) is 20.8 Å². The molecule has 1 aromatic heterocycles. The number of ether oxygens (including phenoxy) is 1. The van der Waals surface area contributed by atoms with Crippen LogP contribution in [0.3, 0.4) is 0 Å². The van der Waals surface area contributed by atoms with Crippen LogP contribution >= 0.6 is 27.3 Å². The van der Waals surface area contributed by atoms with Crippen LogP contribution in [0.25, 0.3) is 0 Å². The van der Waals surface area contributed by atoms with Crippen LogP contribution in [0, 0.1) is 0 Å². The van der Waals surface area contributed by atoms with Gasteiger partial charge in [-0.2, -0.15) is 0 Å². The topological polar surface area (TPSA) is 38.5 Å². The smallest absolute Gasteiger partial charge is 0.148 e. The summed E-state index contributed by atoms with van der Waals surface area (Å²) >= 11 is 5.13. The van der Waals surface area contributed by atoms with Crippen molar-refractivity contribution in [1.82, 2.24) is 0 Å². The molecule has 2 aromatic rings. The van der Waals surface area contributed by atoms with Gasteiger partial charge >= 0.3 is 0 Å². The van der Waals surface area contributed by atoms with E-state index in [2.05, 4.69) is 33.0 Å². The second-order valence-corrected chi connectivity index (χ2v) is 6.82. The lowest BCUT2D eigenvalue weighted by molar-refractivity contribution is 0.184. The van der Waals surface area contributed by atoms with Gasteiger partial charge in [0.15, 0.2) is 0 Å². The highest BCUT2D eigenvalue weighted by Gasteiger charge is 2.20. The molecule has 0 radical (unpaired) electrons. The maximum absolute atomic E-state index is 6.10. The van der Waals surface area contributed by atoms with E-state index in [1.165, 1.54) is 0 Å². The number of rotatable bonds is 5. The minimum atomic E-state index is -0.135. The second kappa shape index (κ2) is 6.61. The molecule has 0 fully saturated rings. The third-order valence-electron chi connectivity index (χ3n) is 2.94. The number of hydrogen-bond acceptors (Lipinski definition) is 4. The van der Waals surface area contributed by atoms with Crippen LogP contribution in [-0.2, 0) is 0 Å². The summed E-state index contributed by atoms with van der Waals surface area (Å²) in [7, 11) is 4.02. The van der Waals surface area contributed by atoms with Gasteiger partial charge in [0.2, 0.25) is 0 Å². The normalized spacial score (nSPS) is 13.8. The average molecular weight is 355 g/mol. The van der Waals surface area contributed by atoms with E-state index in [1.807, 2.05) is 44.6 Å². The van der Waals surface area contributed by atoms with E-state index in [1.54, 1.807) is 11.3 Å². The number of nitrogens with zero attached hydrogens (tertiary/aromatic N) is 1. The van der Waals surface area contributed by atoms with Crippen LogP contribution in [0.4, 0.5) is 5.69 Å². The highest BCUT2D eigenvalue weighted by molar-refractivity contribution is 9.10. The third kappa shape index (κ3) is 3.75. The van der Waals surface area contributed by atoms with Crippen molar-refractivity contribution in [1.29, 1.82) is 0 Å². The zero-order valence-corrected chi connectivity index (χ0v) is 14.2. The number of nitrogens with two attached hydrogens (primary N) is 1. The van der Waals surface area contributed by atoms with E-state index < -0.39 is 0 Å². The van der Waals surface area contributed by atoms with Gasteiger partial charge < -0.3 is 15.4 Å². The molecule has 108 valence electrons. The molecule has 1 heterocycles. The van der Waals surface area contributed by atoms with Gasteiger partial charge in [-0.15, -0.1) is 11.3 Å². The van der Waals surface area contributed by atoms with Crippen LogP contribution < -0.4 is 15.4 Å². The van der Waals surface area contributed by atoms with Crippen molar-refractivity contribution >= 4 is 33.0 Å². The molecule has 0 aliphatic heterocycles. The molecule has 3 nitrogen and oxygen atoms in total. The van der Waals surface area contributed by atoms with Gasteiger partial charge in [0.05, 0.1) is 0 Å². The Morgan fingerprint density at radius 3 is 2.60 bits per heavy atom. The molecule has 0 saturated carbocycles. The fourth-order valence-corrected chi connectivity index (χ4v) is 3.47. The molecule has 0 bridgehead atoms. The minimum Gasteiger partial charge on any atom is -0.483 e. The quantitative estimate of drug-likeness (QED) is 0.880. The molecule has 0 spiro atoms. The zero-order valence-electron chi connectivity index (χ0n) is 11.8. The van der Waals surface area contributed by atoms with Crippen molar-refractivity contribution < 1.29 is 4.74 Å². The molecule has 0 amide bonds. The van der Waals surface area contributed by atoms with Crippen LogP contribution in [-0.4, -0.2) is 20.1 Å². The average Bonchev–Trinajstić information content (AvgIpc) is 2.82. The molecule has 0 aliphatic rings. The number of thiophene rings is 1. The fourth-order valence-electron chi connectivity index (χ4n) is 1.88. The molecule has 20 heavy (non-hydrogen) atoms. The first-order valence-electron chi connectivity index (χ1n) is 6.41. The summed E-state index contributed by atoms with van der Waals surface area (Å²) in [4.78, 5) is 3.18. The van der Waals surface area contributed by atoms with Gasteiger partial charge in [0.1, 0.15) is 11.9 Å². The molecule has 2 unspecified atom stereocenters. The minimum absolute atomic E-state index is 0.0800. The first-order valence-corrected chi connectivity index (χ1v) is 8.08. The number of anilines is 1. The van der Waals surface area contributed by atoms with E-state index in [4.69, 9.17) is 10.5 Å². The summed E-state index contributed by atoms with van der Waals surface area (Å²) in [6.45, 7) is 1.97. The lowest BCUT2D eigenvalue weighted by atomic mass is 10.1. The summed E-state index contributed by atoms with van der Waals surface area (Å²) < 4.78 is 7.17. The fraction of sp³-hybridized carbons (Fsp3) is 0.333.